The molecule has 92 valence electrons. The fourth-order valence-electron chi connectivity index (χ4n) is 1.49. The first kappa shape index (κ1) is 12.1. The zero-order valence-corrected chi connectivity index (χ0v) is 9.78. The zero-order chi connectivity index (χ0) is 12.6. The fraction of sp³-hybridized carbons (Fsp3) is 0.143. The van der Waals surface area contributed by atoms with Crippen molar-refractivity contribution >= 4 is 6.47 Å². The van der Waals surface area contributed by atoms with Crippen LogP contribution in [-0.2, 0) is 22.7 Å². The highest BCUT2D eigenvalue weighted by Crippen LogP contribution is 2.13. The Morgan fingerprint density at radius 3 is 2.72 bits per heavy atom. The molecule has 1 aromatic heterocycles. The van der Waals surface area contributed by atoms with Crippen LogP contribution in [0.3, 0.4) is 0 Å². The number of nitrogens with zero attached hydrogens (tertiary/aromatic N) is 1. The summed E-state index contributed by atoms with van der Waals surface area (Å²) in [6.07, 6.45) is 1.63. The van der Waals surface area contributed by atoms with E-state index in [2.05, 4.69) is 9.72 Å². The molecule has 0 amide bonds. The predicted octanol–water partition coefficient (Wildman–Crippen LogP) is 2.33. The van der Waals surface area contributed by atoms with Gasteiger partial charge in [-0.3, -0.25) is 9.78 Å². The van der Waals surface area contributed by atoms with Gasteiger partial charge in [0.05, 0.1) is 5.69 Å². The second-order valence-electron chi connectivity index (χ2n) is 3.66. The number of hydrogen-bond acceptors (Lipinski definition) is 4. The Morgan fingerprint density at radius 2 is 1.94 bits per heavy atom. The molecule has 0 fully saturated rings. The predicted molar refractivity (Wildman–Crippen MR) is 65.9 cm³/mol. The highest BCUT2D eigenvalue weighted by Gasteiger charge is 1.99. The van der Waals surface area contributed by atoms with Crippen molar-refractivity contribution < 1.29 is 14.3 Å². The summed E-state index contributed by atoms with van der Waals surface area (Å²) >= 11 is 0. The minimum absolute atomic E-state index is 0.159. The van der Waals surface area contributed by atoms with Crippen molar-refractivity contribution in [2.75, 3.05) is 0 Å². The van der Waals surface area contributed by atoms with Crippen molar-refractivity contribution in [3.63, 3.8) is 0 Å². The van der Waals surface area contributed by atoms with E-state index in [0.29, 0.717) is 24.5 Å². The van der Waals surface area contributed by atoms with Gasteiger partial charge in [-0.15, -0.1) is 0 Å². The zero-order valence-electron chi connectivity index (χ0n) is 9.78. The van der Waals surface area contributed by atoms with Crippen LogP contribution in [0.15, 0.2) is 48.7 Å². The third kappa shape index (κ3) is 3.59. The lowest BCUT2D eigenvalue weighted by atomic mass is 10.2. The molecular formula is C14H13NO3. The van der Waals surface area contributed by atoms with Crippen LogP contribution in [0.2, 0.25) is 0 Å². The van der Waals surface area contributed by atoms with Gasteiger partial charge >= 0.3 is 0 Å². The molecule has 0 atom stereocenters. The Kier molecular flexibility index (Phi) is 4.30. The average Bonchev–Trinajstić information content (AvgIpc) is 2.44. The van der Waals surface area contributed by atoms with E-state index in [1.807, 2.05) is 30.3 Å². The molecule has 2 aromatic rings. The summed E-state index contributed by atoms with van der Waals surface area (Å²) in [5.74, 6) is 0.707. The van der Waals surface area contributed by atoms with E-state index in [1.54, 1.807) is 18.3 Å². The lowest BCUT2D eigenvalue weighted by Crippen LogP contribution is -1.98. The molecule has 1 aromatic carbocycles. The highest BCUT2D eigenvalue weighted by atomic mass is 16.5. The number of pyridine rings is 1. The normalized spacial score (nSPS) is 9.78. The maximum Gasteiger partial charge on any atom is 0.293 e. The van der Waals surface area contributed by atoms with Gasteiger partial charge in [-0.2, -0.15) is 0 Å². The smallest absolute Gasteiger partial charge is 0.293 e. The largest absolute Gasteiger partial charge is 0.489 e. The second-order valence-corrected chi connectivity index (χ2v) is 3.66. The molecule has 0 saturated heterocycles. The van der Waals surface area contributed by atoms with Gasteiger partial charge in [0, 0.05) is 12.3 Å². The number of carbonyl (C=O) groups excluding carboxylic acids is 1. The SMILES string of the molecule is O=COCc1cc(OCc2ccccc2)ccn1. The lowest BCUT2D eigenvalue weighted by molar-refractivity contribution is -0.129. The number of hydrogen-bond donors (Lipinski definition) is 0. The average molecular weight is 243 g/mol. The summed E-state index contributed by atoms with van der Waals surface area (Å²) < 4.78 is 10.3. The molecule has 0 aliphatic carbocycles. The van der Waals surface area contributed by atoms with Crippen LogP contribution in [-0.4, -0.2) is 11.5 Å². The highest BCUT2D eigenvalue weighted by molar-refractivity contribution is 5.37. The van der Waals surface area contributed by atoms with Gasteiger partial charge in [-0.1, -0.05) is 30.3 Å². The molecule has 4 nitrogen and oxygen atoms in total. The van der Waals surface area contributed by atoms with Gasteiger partial charge in [0.15, 0.2) is 0 Å². The Balaban J connectivity index is 1.95. The van der Waals surface area contributed by atoms with Crippen LogP contribution < -0.4 is 4.74 Å². The van der Waals surface area contributed by atoms with Gasteiger partial charge in [0.2, 0.25) is 0 Å². The van der Waals surface area contributed by atoms with Crippen LogP contribution in [0.25, 0.3) is 0 Å². The van der Waals surface area contributed by atoms with Crippen LogP contribution in [0.4, 0.5) is 0 Å². The van der Waals surface area contributed by atoms with Crippen LogP contribution in [0, 0.1) is 0 Å². The minimum atomic E-state index is 0.159. The molecule has 4 heteroatoms. The quantitative estimate of drug-likeness (QED) is 0.730. The molecule has 0 bridgehead atoms. The van der Waals surface area contributed by atoms with E-state index < -0.39 is 0 Å². The molecule has 0 aliphatic heterocycles. The van der Waals surface area contributed by atoms with Crippen molar-refractivity contribution in [1.29, 1.82) is 0 Å². The van der Waals surface area contributed by atoms with Crippen molar-refractivity contribution in [3.8, 4) is 5.75 Å². The Labute approximate surface area is 105 Å². The van der Waals surface area contributed by atoms with Crippen molar-refractivity contribution in [1.82, 2.24) is 4.98 Å². The topological polar surface area (TPSA) is 48.4 Å². The Morgan fingerprint density at radius 1 is 1.11 bits per heavy atom. The van der Waals surface area contributed by atoms with Gasteiger partial charge in [-0.25, -0.2) is 0 Å². The summed E-state index contributed by atoms with van der Waals surface area (Å²) in [7, 11) is 0. The second kappa shape index (κ2) is 6.39. The third-order valence-electron chi connectivity index (χ3n) is 2.34. The standard InChI is InChI=1S/C14H13NO3/c16-11-17-10-13-8-14(6-7-15-13)18-9-12-4-2-1-3-5-12/h1-8,11H,9-10H2. The molecular weight excluding hydrogens is 230 g/mol. The van der Waals surface area contributed by atoms with E-state index in [0.717, 1.165) is 5.56 Å². The molecule has 0 saturated carbocycles. The first-order chi connectivity index (χ1) is 8.88. The van der Waals surface area contributed by atoms with Gasteiger partial charge < -0.3 is 9.47 Å². The number of rotatable bonds is 6. The Bertz CT molecular complexity index is 499. The minimum Gasteiger partial charge on any atom is -0.489 e. The molecule has 2 rings (SSSR count). The number of aromatic nitrogens is 1. The van der Waals surface area contributed by atoms with Gasteiger partial charge in [0.25, 0.3) is 6.47 Å². The molecule has 0 aliphatic rings. The summed E-state index contributed by atoms with van der Waals surface area (Å²) in [4.78, 5) is 14.2. The first-order valence-electron chi connectivity index (χ1n) is 5.55. The molecule has 0 radical (unpaired) electrons. The monoisotopic (exact) mass is 243 g/mol. The molecule has 0 N–H and O–H groups in total. The van der Waals surface area contributed by atoms with Crippen molar-refractivity contribution in [2.24, 2.45) is 0 Å². The van der Waals surface area contributed by atoms with Crippen molar-refractivity contribution in [3.05, 3.63) is 59.9 Å². The van der Waals surface area contributed by atoms with E-state index in [4.69, 9.17) is 4.74 Å². The molecule has 18 heavy (non-hydrogen) atoms. The number of benzene rings is 1. The Hall–Kier alpha value is -2.36. The van der Waals surface area contributed by atoms with E-state index in [1.165, 1.54) is 0 Å². The maximum atomic E-state index is 10.1. The summed E-state index contributed by atoms with van der Waals surface area (Å²) in [6, 6.07) is 13.4. The summed E-state index contributed by atoms with van der Waals surface area (Å²) in [5, 5.41) is 0. The van der Waals surface area contributed by atoms with Crippen LogP contribution in [0.5, 0.6) is 5.75 Å². The maximum absolute atomic E-state index is 10.1. The van der Waals surface area contributed by atoms with Crippen molar-refractivity contribution in [2.45, 2.75) is 13.2 Å². The fourth-order valence-corrected chi connectivity index (χ4v) is 1.49. The van der Waals surface area contributed by atoms with Gasteiger partial charge in [0.1, 0.15) is 19.0 Å². The van der Waals surface area contributed by atoms with E-state index in [9.17, 15) is 4.79 Å². The van der Waals surface area contributed by atoms with Gasteiger partial charge in [-0.05, 0) is 11.6 Å². The third-order valence-corrected chi connectivity index (χ3v) is 2.34. The first-order valence-corrected chi connectivity index (χ1v) is 5.55. The summed E-state index contributed by atoms with van der Waals surface area (Å²) in [6.45, 7) is 1.06. The summed E-state index contributed by atoms with van der Waals surface area (Å²) in [5.41, 5.74) is 1.76. The lowest BCUT2D eigenvalue weighted by Gasteiger charge is -2.07. The molecule has 0 unspecified atom stereocenters. The van der Waals surface area contributed by atoms with E-state index in [-0.39, 0.29) is 6.61 Å². The van der Waals surface area contributed by atoms with Crippen LogP contribution >= 0.6 is 0 Å². The molecule has 0 spiro atoms. The van der Waals surface area contributed by atoms with E-state index >= 15 is 0 Å². The van der Waals surface area contributed by atoms with Crippen LogP contribution in [0.1, 0.15) is 11.3 Å². The molecule has 1 heterocycles. The number of carbonyl (C=O) groups is 1. The number of ether oxygens (including phenoxy) is 2.